The molecule has 2 aromatic rings. The molecule has 0 N–H and O–H groups in total. The van der Waals surface area contributed by atoms with Crippen molar-refractivity contribution in [2.75, 3.05) is 13.2 Å². The Kier molecular flexibility index (Phi) is 6.66. The minimum atomic E-state index is -3.49. The first kappa shape index (κ1) is 22.7. The van der Waals surface area contributed by atoms with Crippen LogP contribution in [0.4, 0.5) is 13.2 Å². The van der Waals surface area contributed by atoms with E-state index in [1.165, 1.54) is 43.5 Å². The first-order valence-electron chi connectivity index (χ1n) is 12.1. The third-order valence-electron chi connectivity index (χ3n) is 7.70. The average Bonchev–Trinajstić information content (AvgIpc) is 2.80. The Labute approximate surface area is 193 Å². The molecule has 0 atom stereocenters. The normalized spacial score (nSPS) is 28.8. The maximum atomic E-state index is 14.5. The van der Waals surface area contributed by atoms with Gasteiger partial charge < -0.3 is 14.2 Å². The van der Waals surface area contributed by atoms with Crippen molar-refractivity contribution < 1.29 is 27.4 Å². The van der Waals surface area contributed by atoms with Crippen molar-refractivity contribution in [3.63, 3.8) is 0 Å². The zero-order chi connectivity index (χ0) is 22.8. The smallest absolute Gasteiger partial charge is 0.426 e. The lowest BCUT2D eigenvalue weighted by Gasteiger charge is -2.41. The van der Waals surface area contributed by atoms with Gasteiger partial charge in [0, 0.05) is 11.8 Å². The maximum absolute atomic E-state index is 14.5. The zero-order valence-corrected chi connectivity index (χ0v) is 18.7. The second kappa shape index (κ2) is 9.67. The third-order valence-corrected chi connectivity index (χ3v) is 7.70. The van der Waals surface area contributed by atoms with Crippen LogP contribution < -0.4 is 4.74 Å². The molecule has 0 radical (unpaired) electrons. The summed E-state index contributed by atoms with van der Waals surface area (Å²) in [6, 6.07) is 11.0. The summed E-state index contributed by atoms with van der Waals surface area (Å²) in [5, 5.41) is 0. The molecule has 2 aliphatic carbocycles. The third kappa shape index (κ3) is 5.22. The monoisotopic (exact) mass is 460 g/mol. The Balaban J connectivity index is 1.12. The van der Waals surface area contributed by atoms with E-state index in [1.54, 1.807) is 12.1 Å². The van der Waals surface area contributed by atoms with E-state index in [-0.39, 0.29) is 17.6 Å². The summed E-state index contributed by atoms with van der Waals surface area (Å²) in [6.07, 6.45) is 4.45. The van der Waals surface area contributed by atoms with Crippen LogP contribution >= 0.6 is 0 Å². The fourth-order valence-corrected chi connectivity index (χ4v) is 5.37. The van der Waals surface area contributed by atoms with Crippen LogP contribution in [0.2, 0.25) is 0 Å². The maximum Gasteiger partial charge on any atom is 0.426 e. The highest BCUT2D eigenvalue weighted by Gasteiger charge is 2.37. The summed E-state index contributed by atoms with van der Waals surface area (Å²) in [7, 11) is 0. The molecule has 6 heteroatoms. The van der Waals surface area contributed by atoms with Crippen LogP contribution in [0.15, 0.2) is 48.5 Å². The average molecular weight is 461 g/mol. The largest absolute Gasteiger partial charge is 0.429 e. The van der Waals surface area contributed by atoms with Gasteiger partial charge in [0.15, 0.2) is 6.29 Å². The number of alkyl halides is 2. The van der Waals surface area contributed by atoms with Crippen molar-refractivity contribution in [3.8, 4) is 5.75 Å². The topological polar surface area (TPSA) is 27.7 Å². The highest BCUT2D eigenvalue weighted by Crippen LogP contribution is 2.41. The Morgan fingerprint density at radius 1 is 0.727 bits per heavy atom. The molecule has 5 rings (SSSR count). The van der Waals surface area contributed by atoms with Crippen molar-refractivity contribution in [2.24, 2.45) is 17.8 Å². The molecule has 33 heavy (non-hydrogen) atoms. The summed E-state index contributed by atoms with van der Waals surface area (Å²) >= 11 is 0. The molecule has 0 spiro atoms. The van der Waals surface area contributed by atoms with Gasteiger partial charge in [0.1, 0.15) is 11.6 Å². The van der Waals surface area contributed by atoms with Crippen LogP contribution in [-0.2, 0) is 15.6 Å². The van der Waals surface area contributed by atoms with Gasteiger partial charge in [-0.05, 0) is 79.5 Å². The number of hydrogen-bond donors (Lipinski definition) is 0. The first-order valence-corrected chi connectivity index (χ1v) is 12.1. The molecule has 0 amide bonds. The van der Waals surface area contributed by atoms with Crippen molar-refractivity contribution in [2.45, 2.75) is 63.3 Å². The molecule has 178 valence electrons. The fraction of sp³-hybridized carbons (Fsp3) is 0.556. The molecule has 1 aliphatic heterocycles. The fourth-order valence-electron chi connectivity index (χ4n) is 5.37. The highest BCUT2D eigenvalue weighted by molar-refractivity contribution is 5.29. The molecule has 2 aromatic carbocycles. The van der Waals surface area contributed by atoms with Crippen molar-refractivity contribution in [1.82, 2.24) is 0 Å². The van der Waals surface area contributed by atoms with Crippen LogP contribution in [0.3, 0.4) is 0 Å². The molecule has 3 fully saturated rings. The van der Waals surface area contributed by atoms with Gasteiger partial charge in [0.05, 0.1) is 18.8 Å². The second-order valence-corrected chi connectivity index (χ2v) is 9.79. The van der Waals surface area contributed by atoms with Gasteiger partial charge >= 0.3 is 6.11 Å². The minimum absolute atomic E-state index is 0.0741. The molecule has 0 bridgehead atoms. The Bertz CT molecular complexity index is 895. The highest BCUT2D eigenvalue weighted by atomic mass is 19.3. The summed E-state index contributed by atoms with van der Waals surface area (Å²) in [5.41, 5.74) is 0.861. The Hall–Kier alpha value is -2.05. The van der Waals surface area contributed by atoms with Gasteiger partial charge in [-0.2, -0.15) is 8.78 Å². The molecule has 1 heterocycles. The lowest BCUT2D eigenvalue weighted by Crippen LogP contribution is -2.42. The molecular formula is C27H31F3O3. The molecule has 0 aromatic heterocycles. The quantitative estimate of drug-likeness (QED) is 0.464. The van der Waals surface area contributed by atoms with E-state index in [0.717, 1.165) is 62.5 Å². The Morgan fingerprint density at radius 3 is 1.94 bits per heavy atom. The van der Waals surface area contributed by atoms with Crippen LogP contribution in [0.25, 0.3) is 0 Å². The van der Waals surface area contributed by atoms with Crippen molar-refractivity contribution in [1.29, 1.82) is 0 Å². The van der Waals surface area contributed by atoms with E-state index in [9.17, 15) is 13.2 Å². The predicted octanol–water partition coefficient (Wildman–Crippen LogP) is 7.02. The van der Waals surface area contributed by atoms with E-state index in [1.807, 2.05) is 0 Å². The minimum Gasteiger partial charge on any atom is -0.429 e. The van der Waals surface area contributed by atoms with Gasteiger partial charge in [-0.25, -0.2) is 4.39 Å². The van der Waals surface area contributed by atoms with Gasteiger partial charge in [0.2, 0.25) is 0 Å². The number of rotatable bonds is 6. The van der Waals surface area contributed by atoms with Crippen LogP contribution in [0.5, 0.6) is 5.75 Å². The van der Waals surface area contributed by atoms with Crippen LogP contribution in [0.1, 0.15) is 62.0 Å². The zero-order valence-electron chi connectivity index (χ0n) is 18.7. The van der Waals surface area contributed by atoms with E-state index in [2.05, 4.69) is 0 Å². The number of ether oxygens (including phenoxy) is 3. The Morgan fingerprint density at radius 2 is 1.36 bits per heavy atom. The lowest BCUT2D eigenvalue weighted by molar-refractivity contribution is -0.238. The van der Waals surface area contributed by atoms with E-state index >= 15 is 0 Å². The van der Waals surface area contributed by atoms with E-state index < -0.39 is 11.9 Å². The van der Waals surface area contributed by atoms with Crippen molar-refractivity contribution >= 4 is 0 Å². The first-order chi connectivity index (χ1) is 16.0. The van der Waals surface area contributed by atoms with Gasteiger partial charge in [-0.1, -0.05) is 31.4 Å². The number of halogens is 3. The van der Waals surface area contributed by atoms with E-state index in [0.29, 0.717) is 17.8 Å². The van der Waals surface area contributed by atoms with Crippen LogP contribution in [0, 0.1) is 23.6 Å². The van der Waals surface area contributed by atoms with Gasteiger partial charge in [-0.3, -0.25) is 0 Å². The standard InChI is InChI=1S/C27H31F3O3/c28-24-12-14-25(15-13-24)33-27(29,30)23-10-8-20(9-11-23)19-4-6-21(7-5-19)26-31-16-22(17-32-26)18-2-1-3-18/h8-15,18-19,21-22,26H,1-7,16-17H2. The van der Waals surface area contributed by atoms with Crippen molar-refractivity contribution in [3.05, 3.63) is 65.5 Å². The summed E-state index contributed by atoms with van der Waals surface area (Å²) in [4.78, 5) is 0. The lowest BCUT2D eigenvalue weighted by atomic mass is 9.75. The van der Waals surface area contributed by atoms with Crippen LogP contribution in [-0.4, -0.2) is 19.5 Å². The SMILES string of the molecule is Fc1ccc(OC(F)(F)c2ccc(C3CCC(C4OCC(C5CCC5)CO4)CC3)cc2)cc1. The van der Waals surface area contributed by atoms with E-state index in [4.69, 9.17) is 14.2 Å². The predicted molar refractivity (Wildman–Crippen MR) is 119 cm³/mol. The molecule has 3 nitrogen and oxygen atoms in total. The number of hydrogen-bond acceptors (Lipinski definition) is 3. The molecule has 0 unspecified atom stereocenters. The molecular weight excluding hydrogens is 429 g/mol. The molecule has 2 saturated carbocycles. The van der Waals surface area contributed by atoms with Gasteiger partial charge in [0.25, 0.3) is 0 Å². The number of benzene rings is 2. The molecule has 3 aliphatic rings. The van der Waals surface area contributed by atoms with Gasteiger partial charge in [-0.15, -0.1) is 0 Å². The molecule has 1 saturated heterocycles. The summed E-state index contributed by atoms with van der Waals surface area (Å²) in [6.45, 7) is 1.65. The summed E-state index contributed by atoms with van der Waals surface area (Å²) in [5.74, 6) is 1.55. The summed E-state index contributed by atoms with van der Waals surface area (Å²) < 4.78 is 59.1. The second-order valence-electron chi connectivity index (χ2n) is 9.79.